The molecular formula is C43H62F2N6O5S2. The highest BCUT2D eigenvalue weighted by Crippen LogP contribution is 2.37. The fourth-order valence-electron chi connectivity index (χ4n) is 6.67. The van der Waals surface area contributed by atoms with E-state index in [1.807, 2.05) is 83.3 Å². The monoisotopic (exact) mass is 844 g/mol. The number of carbonyl (C=O) groups is 1. The molecule has 4 aromatic rings. The van der Waals surface area contributed by atoms with Gasteiger partial charge in [-0.1, -0.05) is 12.1 Å². The van der Waals surface area contributed by atoms with Gasteiger partial charge in [0, 0.05) is 82.7 Å². The molecule has 0 radical (unpaired) electrons. The van der Waals surface area contributed by atoms with Crippen LogP contribution in [-0.4, -0.2) is 59.5 Å². The summed E-state index contributed by atoms with van der Waals surface area (Å²) < 4.78 is 41.2. The standard InChI is InChI=1S/C25H33F2N3O3.C18H25N3O2.2H2S/c1-5-33-17(3)14-28-22-13-19(20-12-16(2)24(32)30(4)15-20)6-7-21(22)29-23(31)18-8-10-25(26,27)11-9-18;1-5-23-13(3)10-20-17-9-14(6-7-16(17)19)15-8-12(2)18(22)21(4)11-15;;/h6-7,12-13,15,17-18,28H,5,8-11,14H2,1-4H3,(H,29,31);6-9,11,13,20H,5,10,19H2,1-4H3;2*1H2/t17-;13-;;/m00../s1. The lowest BCUT2D eigenvalue weighted by molar-refractivity contribution is -0.124. The van der Waals surface area contributed by atoms with Gasteiger partial charge < -0.3 is 40.3 Å². The summed E-state index contributed by atoms with van der Waals surface area (Å²) in [5.41, 5.74) is 14.0. The summed E-state index contributed by atoms with van der Waals surface area (Å²) in [6, 6.07) is 15.2. The van der Waals surface area contributed by atoms with Gasteiger partial charge in [0.05, 0.1) is 35.0 Å². The average molecular weight is 845 g/mol. The van der Waals surface area contributed by atoms with Crippen LogP contribution in [0.1, 0.15) is 64.5 Å². The normalized spacial score (nSPS) is 14.4. The minimum atomic E-state index is -2.67. The van der Waals surface area contributed by atoms with E-state index in [0.29, 0.717) is 48.9 Å². The van der Waals surface area contributed by atoms with Crippen molar-refractivity contribution in [1.82, 2.24) is 9.13 Å². The third-order valence-corrected chi connectivity index (χ3v) is 9.87. The van der Waals surface area contributed by atoms with Crippen LogP contribution in [0.5, 0.6) is 0 Å². The first-order valence-corrected chi connectivity index (χ1v) is 19.3. The lowest BCUT2D eigenvalue weighted by atomic mass is 9.86. The molecule has 0 unspecified atom stereocenters. The molecule has 15 heteroatoms. The van der Waals surface area contributed by atoms with Gasteiger partial charge in [-0.15, -0.1) is 0 Å². The zero-order chi connectivity index (χ0) is 41.2. The summed E-state index contributed by atoms with van der Waals surface area (Å²) in [5, 5.41) is 9.60. The predicted molar refractivity (Wildman–Crippen MR) is 244 cm³/mol. The number of amides is 1. The van der Waals surface area contributed by atoms with Gasteiger partial charge in [-0.2, -0.15) is 27.0 Å². The molecule has 1 saturated carbocycles. The summed E-state index contributed by atoms with van der Waals surface area (Å²) >= 11 is 0. The quantitative estimate of drug-likeness (QED) is 0.0938. The van der Waals surface area contributed by atoms with E-state index in [1.165, 1.54) is 0 Å². The molecule has 2 aromatic heterocycles. The Hall–Kier alpha value is -4.31. The molecule has 2 atom stereocenters. The number of hydrogen-bond donors (Lipinski definition) is 4. The Morgan fingerprint density at radius 3 is 1.67 bits per heavy atom. The van der Waals surface area contributed by atoms with Gasteiger partial charge in [-0.25, -0.2) is 8.78 Å². The summed E-state index contributed by atoms with van der Waals surface area (Å²) in [7, 11) is 3.48. The first-order chi connectivity index (χ1) is 26.5. The molecular weight excluding hydrogens is 783 g/mol. The molecule has 0 bridgehead atoms. The summed E-state index contributed by atoms with van der Waals surface area (Å²) in [5.74, 6) is -3.34. The number of pyridine rings is 2. The third kappa shape index (κ3) is 13.9. The number of nitrogen functional groups attached to an aromatic ring is 1. The zero-order valence-electron chi connectivity index (χ0n) is 34.9. The van der Waals surface area contributed by atoms with Crippen molar-refractivity contribution in [3.05, 3.63) is 92.8 Å². The van der Waals surface area contributed by atoms with Crippen molar-refractivity contribution in [3.63, 3.8) is 0 Å². The highest BCUT2D eigenvalue weighted by Gasteiger charge is 2.37. The number of carbonyl (C=O) groups excluding carboxylic acids is 1. The van der Waals surface area contributed by atoms with Crippen LogP contribution in [0.15, 0.2) is 70.5 Å². The zero-order valence-corrected chi connectivity index (χ0v) is 36.9. The van der Waals surface area contributed by atoms with Crippen LogP contribution in [0.25, 0.3) is 22.3 Å². The molecule has 58 heavy (non-hydrogen) atoms. The first kappa shape index (κ1) is 49.8. The lowest BCUT2D eigenvalue weighted by Gasteiger charge is -2.27. The lowest BCUT2D eigenvalue weighted by Crippen LogP contribution is -2.32. The summed E-state index contributed by atoms with van der Waals surface area (Å²) in [6.45, 7) is 14.0. The maximum absolute atomic E-state index is 13.5. The molecule has 320 valence electrons. The topological polar surface area (TPSA) is 142 Å². The molecule has 1 aliphatic rings. The Morgan fingerprint density at radius 2 is 1.21 bits per heavy atom. The second-order valence-corrected chi connectivity index (χ2v) is 14.6. The van der Waals surface area contributed by atoms with E-state index >= 15 is 0 Å². The fourth-order valence-corrected chi connectivity index (χ4v) is 6.67. The molecule has 1 amide bonds. The van der Waals surface area contributed by atoms with Gasteiger partial charge in [0.15, 0.2) is 0 Å². The van der Waals surface area contributed by atoms with E-state index < -0.39 is 11.8 Å². The minimum Gasteiger partial charge on any atom is -0.397 e. The largest absolute Gasteiger partial charge is 0.397 e. The van der Waals surface area contributed by atoms with E-state index in [4.69, 9.17) is 15.2 Å². The molecule has 5 rings (SSSR count). The van der Waals surface area contributed by atoms with Crippen LogP contribution in [-0.2, 0) is 28.4 Å². The first-order valence-electron chi connectivity index (χ1n) is 19.3. The van der Waals surface area contributed by atoms with Gasteiger partial charge in [0.25, 0.3) is 11.1 Å². The van der Waals surface area contributed by atoms with Crippen molar-refractivity contribution in [3.8, 4) is 22.3 Å². The maximum atomic E-state index is 13.5. The van der Waals surface area contributed by atoms with Crippen LogP contribution < -0.4 is 32.8 Å². The summed E-state index contributed by atoms with van der Waals surface area (Å²) in [6.07, 6.45) is 3.53. The Morgan fingerprint density at radius 1 is 0.759 bits per heavy atom. The Labute approximate surface area is 355 Å². The number of rotatable bonds is 14. The maximum Gasteiger partial charge on any atom is 0.253 e. The van der Waals surface area contributed by atoms with E-state index in [-0.39, 0.29) is 81.9 Å². The van der Waals surface area contributed by atoms with E-state index in [0.717, 1.165) is 33.5 Å². The van der Waals surface area contributed by atoms with Gasteiger partial charge in [-0.05, 0) is 113 Å². The number of nitrogens with one attached hydrogen (secondary N) is 3. The van der Waals surface area contributed by atoms with Gasteiger partial charge in [0.2, 0.25) is 11.8 Å². The van der Waals surface area contributed by atoms with Crippen LogP contribution in [0, 0.1) is 19.8 Å². The van der Waals surface area contributed by atoms with Gasteiger partial charge in [0.1, 0.15) is 0 Å². The van der Waals surface area contributed by atoms with Gasteiger partial charge in [-0.3, -0.25) is 14.4 Å². The number of nitrogens with zero attached hydrogens (tertiary/aromatic N) is 2. The molecule has 0 aliphatic heterocycles. The number of nitrogens with two attached hydrogens (primary N) is 1. The third-order valence-electron chi connectivity index (χ3n) is 9.87. The second-order valence-electron chi connectivity index (χ2n) is 14.6. The van der Waals surface area contributed by atoms with Crippen molar-refractivity contribution in [1.29, 1.82) is 0 Å². The molecule has 1 aliphatic carbocycles. The van der Waals surface area contributed by atoms with Crippen LogP contribution in [0.4, 0.5) is 31.5 Å². The van der Waals surface area contributed by atoms with Crippen LogP contribution >= 0.6 is 27.0 Å². The van der Waals surface area contributed by atoms with Gasteiger partial charge >= 0.3 is 0 Å². The molecule has 2 aromatic carbocycles. The SMILES string of the molecule is CCO[C@@H](C)CNc1cc(-c2cc(C)c(=O)n(C)c2)ccc1N.CCO[C@@H](C)CNc1cc(-c2cc(C)c(=O)n(C)c2)ccc1NC(=O)C1CCC(F)(F)CC1.S.S. The summed E-state index contributed by atoms with van der Waals surface area (Å²) in [4.78, 5) is 36.7. The van der Waals surface area contributed by atoms with E-state index in [1.54, 1.807) is 42.4 Å². The van der Waals surface area contributed by atoms with E-state index in [2.05, 4.69) is 16.0 Å². The predicted octanol–water partition coefficient (Wildman–Crippen LogP) is 7.97. The fraction of sp³-hybridized carbons (Fsp3) is 0.465. The average Bonchev–Trinajstić information content (AvgIpc) is 3.15. The number of benzene rings is 2. The highest BCUT2D eigenvalue weighted by molar-refractivity contribution is 7.59. The van der Waals surface area contributed by atoms with Crippen molar-refractivity contribution in [2.24, 2.45) is 20.0 Å². The van der Waals surface area contributed by atoms with E-state index in [9.17, 15) is 23.2 Å². The van der Waals surface area contributed by atoms with Crippen LogP contribution in [0.2, 0.25) is 0 Å². The Bertz CT molecular complexity index is 2030. The number of alkyl halides is 2. The molecule has 11 nitrogen and oxygen atoms in total. The minimum absolute atomic E-state index is 0. The van der Waals surface area contributed by atoms with Crippen molar-refractivity contribution in [2.45, 2.75) is 85.4 Å². The molecule has 1 fully saturated rings. The number of anilines is 4. The molecule has 0 spiro atoms. The number of hydrogen-bond acceptors (Lipinski definition) is 8. The Kier molecular flexibility index (Phi) is 19.5. The highest BCUT2D eigenvalue weighted by atomic mass is 32.1. The number of aromatic nitrogens is 2. The molecule has 2 heterocycles. The van der Waals surface area contributed by atoms with Crippen LogP contribution in [0.3, 0.4) is 0 Å². The number of halogens is 2. The second kappa shape index (κ2) is 22.7. The van der Waals surface area contributed by atoms with Crippen molar-refractivity contribution < 1.29 is 23.0 Å². The molecule has 0 saturated heterocycles. The van der Waals surface area contributed by atoms with Crippen molar-refractivity contribution in [2.75, 3.05) is 48.0 Å². The molecule has 5 N–H and O–H groups in total. The number of ether oxygens (including phenoxy) is 2. The smallest absolute Gasteiger partial charge is 0.253 e. The number of aryl methyl sites for hydroxylation is 4. The Balaban J connectivity index is 0.000000410. The van der Waals surface area contributed by atoms with Crippen molar-refractivity contribution >= 4 is 55.6 Å².